The van der Waals surface area contributed by atoms with Crippen molar-refractivity contribution in [3.63, 3.8) is 0 Å². The van der Waals surface area contributed by atoms with Crippen molar-refractivity contribution in [2.45, 2.75) is 40.7 Å². The quantitative estimate of drug-likeness (QED) is 0.244. The maximum atomic E-state index is 12.9. The minimum atomic E-state index is -1.43. The van der Waals surface area contributed by atoms with Gasteiger partial charge in [0.05, 0.1) is 31.5 Å². The molecule has 1 atom stereocenters. The Morgan fingerprint density at radius 2 is 1.51 bits per heavy atom. The summed E-state index contributed by atoms with van der Waals surface area (Å²) in [6, 6.07) is 4.81. The molecule has 0 saturated heterocycles. The van der Waals surface area contributed by atoms with Gasteiger partial charge in [-0.05, 0) is 40.7 Å². The number of carbonyl (C=O) groups excluding carboxylic acids is 2. The number of ketones is 1. The van der Waals surface area contributed by atoms with Crippen molar-refractivity contribution in [3.05, 3.63) is 34.3 Å². The van der Waals surface area contributed by atoms with E-state index in [4.69, 9.17) is 42.1 Å². The lowest BCUT2D eigenvalue weighted by Gasteiger charge is -2.16. The van der Waals surface area contributed by atoms with Gasteiger partial charge in [-0.25, -0.2) is 0 Å². The normalized spacial score (nSPS) is 11.7. The molecular weight excluding hydrogens is 497 g/mol. The number of hydrogen-bond donors (Lipinski definition) is 1. The van der Waals surface area contributed by atoms with Crippen LogP contribution in [-0.4, -0.2) is 44.2 Å². The molecule has 0 radical (unpaired) electrons. The van der Waals surface area contributed by atoms with Crippen LogP contribution in [0.1, 0.15) is 34.6 Å². The summed E-state index contributed by atoms with van der Waals surface area (Å²) in [4.78, 5) is 25.1. The summed E-state index contributed by atoms with van der Waals surface area (Å²) < 4.78 is 22.1. The fraction of sp³-hybridized carbons (Fsp3) is 0.417. The van der Waals surface area contributed by atoms with Crippen molar-refractivity contribution in [1.82, 2.24) is 0 Å². The summed E-state index contributed by atoms with van der Waals surface area (Å²) in [5.41, 5.74) is 0.506. The van der Waals surface area contributed by atoms with E-state index in [1.165, 1.54) is 13.0 Å². The van der Waals surface area contributed by atoms with Crippen LogP contribution in [0.3, 0.4) is 0 Å². The van der Waals surface area contributed by atoms with Gasteiger partial charge in [0.1, 0.15) is 22.2 Å². The Bertz CT molecular complexity index is 1080. The van der Waals surface area contributed by atoms with Crippen LogP contribution < -0.4 is 24.3 Å². The number of amides is 1. The van der Waals surface area contributed by atoms with Crippen LogP contribution in [0.25, 0.3) is 0 Å². The van der Waals surface area contributed by atoms with E-state index in [0.717, 1.165) is 0 Å². The Morgan fingerprint density at radius 1 is 0.886 bits per heavy atom. The molecule has 2 aromatic rings. The minimum Gasteiger partial charge on any atom is -0.494 e. The fourth-order valence-electron chi connectivity index (χ4n) is 2.98. The molecule has 0 fully saturated rings. The van der Waals surface area contributed by atoms with Gasteiger partial charge in [0.25, 0.3) is 5.91 Å². The summed E-state index contributed by atoms with van der Waals surface area (Å²) in [6.07, 6.45) is 0. The van der Waals surface area contributed by atoms with Crippen molar-refractivity contribution in [2.24, 2.45) is 10.2 Å². The average molecular weight is 526 g/mol. The van der Waals surface area contributed by atoms with Gasteiger partial charge < -0.3 is 24.3 Å². The number of azo groups is 1. The largest absolute Gasteiger partial charge is 0.494 e. The van der Waals surface area contributed by atoms with Gasteiger partial charge in [0, 0.05) is 23.9 Å². The molecule has 0 aliphatic heterocycles. The number of rotatable bonds is 13. The van der Waals surface area contributed by atoms with Gasteiger partial charge >= 0.3 is 0 Å². The fourth-order valence-corrected chi connectivity index (χ4v) is 3.44. The molecule has 1 N–H and O–H groups in total. The summed E-state index contributed by atoms with van der Waals surface area (Å²) in [5.74, 6) is 0.323. The Morgan fingerprint density at radius 3 is 2.11 bits per heavy atom. The third-order valence-corrected chi connectivity index (χ3v) is 5.04. The zero-order chi connectivity index (χ0) is 26.0. The highest BCUT2D eigenvalue weighted by Crippen LogP contribution is 2.40. The molecule has 0 spiro atoms. The zero-order valence-electron chi connectivity index (χ0n) is 20.3. The van der Waals surface area contributed by atoms with E-state index >= 15 is 0 Å². The number of Topliss-reactive ketones (excluding diaryl/α,β-unsaturated/α-hetero) is 1. The van der Waals surface area contributed by atoms with Crippen LogP contribution in [0.15, 0.2) is 34.5 Å². The summed E-state index contributed by atoms with van der Waals surface area (Å²) in [5, 5.41) is 11.1. The highest BCUT2D eigenvalue weighted by molar-refractivity contribution is 6.34. The van der Waals surface area contributed by atoms with Crippen molar-refractivity contribution in [1.29, 1.82) is 0 Å². The molecular formula is C24H29Cl2N3O6. The first-order valence-corrected chi connectivity index (χ1v) is 11.9. The highest BCUT2D eigenvalue weighted by Gasteiger charge is 2.25. The third kappa shape index (κ3) is 7.73. The van der Waals surface area contributed by atoms with Crippen molar-refractivity contribution in [3.8, 4) is 23.0 Å². The Hall–Kier alpha value is -3.04. The minimum absolute atomic E-state index is 0.182. The summed E-state index contributed by atoms with van der Waals surface area (Å²) >= 11 is 12.7. The predicted molar refractivity (Wildman–Crippen MR) is 135 cm³/mol. The second kappa shape index (κ2) is 13.7. The topological polar surface area (TPSA) is 108 Å². The molecule has 0 heterocycles. The van der Waals surface area contributed by atoms with Crippen molar-refractivity contribution < 1.29 is 28.5 Å². The molecule has 190 valence electrons. The van der Waals surface area contributed by atoms with E-state index in [1.807, 2.05) is 27.7 Å². The predicted octanol–water partition coefficient (Wildman–Crippen LogP) is 6.27. The summed E-state index contributed by atoms with van der Waals surface area (Å²) in [6.45, 7) is 10.0. The molecule has 2 aromatic carbocycles. The van der Waals surface area contributed by atoms with Crippen LogP contribution in [0.4, 0.5) is 11.4 Å². The maximum Gasteiger partial charge on any atom is 0.258 e. The first-order chi connectivity index (χ1) is 16.7. The zero-order valence-corrected chi connectivity index (χ0v) is 21.8. The average Bonchev–Trinajstić information content (AvgIpc) is 2.79. The van der Waals surface area contributed by atoms with Crippen LogP contribution in [-0.2, 0) is 9.59 Å². The van der Waals surface area contributed by atoms with Crippen molar-refractivity contribution >= 4 is 46.3 Å². The number of nitrogens with zero attached hydrogens (tertiary/aromatic N) is 2. The number of hydrogen-bond acceptors (Lipinski definition) is 8. The standard InChI is InChI=1S/C24H29Cl2N3O6/c1-6-32-16-12-18(21(26)19(13-16)33-7-2)28-29-22(14(5)30)24(31)27-15-10-17(25)23(35-9-4)20(11-15)34-8-3/h10-13,22H,6-9H2,1-5H3,(H,27,31). The Balaban J connectivity index is 2.34. The molecule has 11 heteroatoms. The molecule has 0 saturated carbocycles. The van der Waals surface area contributed by atoms with E-state index < -0.39 is 17.7 Å². The van der Waals surface area contributed by atoms with Gasteiger partial charge in [0.15, 0.2) is 17.3 Å². The van der Waals surface area contributed by atoms with Gasteiger partial charge in [0.2, 0.25) is 6.04 Å². The van der Waals surface area contributed by atoms with Gasteiger partial charge in [-0.1, -0.05) is 23.2 Å². The van der Waals surface area contributed by atoms with Crippen LogP contribution >= 0.6 is 23.2 Å². The molecule has 2 rings (SSSR count). The van der Waals surface area contributed by atoms with E-state index in [-0.39, 0.29) is 15.7 Å². The second-order valence-corrected chi connectivity index (χ2v) is 7.77. The molecule has 1 unspecified atom stereocenters. The van der Waals surface area contributed by atoms with E-state index in [0.29, 0.717) is 55.1 Å². The Kier molecular flexibility index (Phi) is 11.1. The van der Waals surface area contributed by atoms with Gasteiger partial charge in [-0.3, -0.25) is 9.59 Å². The number of benzene rings is 2. The third-order valence-electron chi connectivity index (χ3n) is 4.38. The lowest BCUT2D eigenvalue weighted by atomic mass is 10.2. The van der Waals surface area contributed by atoms with Gasteiger partial charge in [-0.15, -0.1) is 0 Å². The monoisotopic (exact) mass is 525 g/mol. The Labute approximate surface area is 214 Å². The second-order valence-electron chi connectivity index (χ2n) is 6.99. The molecule has 0 aromatic heterocycles. The maximum absolute atomic E-state index is 12.9. The van der Waals surface area contributed by atoms with Crippen LogP contribution in [0, 0.1) is 0 Å². The first-order valence-electron chi connectivity index (χ1n) is 11.2. The van der Waals surface area contributed by atoms with Gasteiger partial charge in [-0.2, -0.15) is 10.2 Å². The van der Waals surface area contributed by atoms with E-state index in [2.05, 4.69) is 15.5 Å². The lowest BCUT2D eigenvalue weighted by Crippen LogP contribution is -2.31. The number of ether oxygens (including phenoxy) is 4. The number of halogens is 2. The number of anilines is 1. The smallest absolute Gasteiger partial charge is 0.258 e. The molecule has 35 heavy (non-hydrogen) atoms. The van der Waals surface area contributed by atoms with E-state index in [9.17, 15) is 9.59 Å². The lowest BCUT2D eigenvalue weighted by molar-refractivity contribution is -0.126. The van der Waals surface area contributed by atoms with Crippen LogP contribution in [0.5, 0.6) is 23.0 Å². The molecule has 0 aliphatic carbocycles. The highest BCUT2D eigenvalue weighted by atomic mass is 35.5. The molecule has 0 bridgehead atoms. The first kappa shape index (κ1) is 28.2. The molecule has 9 nitrogen and oxygen atoms in total. The molecule has 0 aliphatic rings. The van der Waals surface area contributed by atoms with Crippen LogP contribution in [0.2, 0.25) is 10.0 Å². The van der Waals surface area contributed by atoms with Crippen molar-refractivity contribution in [2.75, 3.05) is 31.7 Å². The molecule has 1 amide bonds. The SMILES string of the molecule is CCOc1cc(N=NC(C(C)=O)C(=O)Nc2cc(Cl)c(OCC)c(OCC)c2)c(Cl)c(OCC)c1. The summed E-state index contributed by atoms with van der Waals surface area (Å²) in [7, 11) is 0. The number of carbonyl (C=O) groups is 2. The number of nitrogens with one attached hydrogen (secondary N) is 1. The van der Waals surface area contributed by atoms with E-state index in [1.54, 1.807) is 18.2 Å².